The minimum absolute atomic E-state index is 0.0674. The summed E-state index contributed by atoms with van der Waals surface area (Å²) in [5.74, 6) is -0.940. The van der Waals surface area contributed by atoms with E-state index in [2.05, 4.69) is 16.8 Å². The van der Waals surface area contributed by atoms with E-state index in [9.17, 15) is 4.79 Å². The van der Waals surface area contributed by atoms with E-state index in [-0.39, 0.29) is 12.2 Å². The third-order valence-electron chi connectivity index (χ3n) is 2.71. The first-order valence-electron chi connectivity index (χ1n) is 3.92. The van der Waals surface area contributed by atoms with Crippen molar-refractivity contribution in [1.29, 1.82) is 0 Å². The second kappa shape index (κ2) is 2.47. The fourth-order valence-electron chi connectivity index (χ4n) is 2.05. The van der Waals surface area contributed by atoms with Crippen molar-refractivity contribution in [2.24, 2.45) is 4.36 Å². The zero-order valence-electron chi connectivity index (χ0n) is 6.40. The molecule has 0 aliphatic carbocycles. The summed E-state index contributed by atoms with van der Waals surface area (Å²) >= 11 is 4.53. The molecule has 12 heavy (non-hydrogen) atoms. The van der Waals surface area contributed by atoms with Crippen LogP contribution in [0, 0.1) is 0 Å². The highest BCUT2D eigenvalue weighted by Gasteiger charge is 2.58. The van der Waals surface area contributed by atoms with Gasteiger partial charge in [-0.05, 0) is 12.8 Å². The molecular weight excluding hydrogens is 178 g/mol. The molecular formula is C7H9NO3S. The van der Waals surface area contributed by atoms with Crippen molar-refractivity contribution in [3.05, 3.63) is 0 Å². The van der Waals surface area contributed by atoms with E-state index in [1.807, 2.05) is 0 Å². The molecule has 0 aromatic rings. The fraction of sp³-hybridized carbons (Fsp3) is 0.857. The predicted octanol–water partition coefficient (Wildman–Crippen LogP) is 0.492. The van der Waals surface area contributed by atoms with E-state index in [4.69, 9.17) is 9.84 Å². The number of carbonyl (C=O) groups is 1. The number of aliphatic carboxylic acids is 1. The summed E-state index contributed by atoms with van der Waals surface area (Å²) in [6.07, 6.45) is 1.97. The lowest BCUT2D eigenvalue weighted by Gasteiger charge is -2.24. The van der Waals surface area contributed by atoms with Crippen LogP contribution in [0.15, 0.2) is 4.36 Å². The van der Waals surface area contributed by atoms with Gasteiger partial charge in [0.05, 0.1) is 12.2 Å². The molecule has 0 amide bonds. The average molecular weight is 187 g/mol. The summed E-state index contributed by atoms with van der Waals surface area (Å²) in [5, 5.41) is 8.95. The molecule has 66 valence electrons. The maximum atomic E-state index is 10.9. The first-order chi connectivity index (χ1) is 5.69. The monoisotopic (exact) mass is 187 g/mol. The van der Waals surface area contributed by atoms with Gasteiger partial charge in [-0.25, -0.2) is 4.79 Å². The summed E-state index contributed by atoms with van der Waals surface area (Å²) in [4.78, 5) is 10.9. The standard InChI is InChI=1S/C7H9NO3S/c9-6(10)7(8-12)3-4-1-2-5(7)11-4/h4-5H,1-3H2,(H,9,10). The summed E-state index contributed by atoms with van der Waals surface area (Å²) in [6.45, 7) is 0. The fourth-order valence-corrected chi connectivity index (χ4v) is 2.32. The third kappa shape index (κ3) is 0.834. The van der Waals surface area contributed by atoms with E-state index in [1.54, 1.807) is 0 Å². The molecule has 0 saturated carbocycles. The van der Waals surface area contributed by atoms with Crippen LogP contribution >= 0.6 is 0 Å². The Bertz CT molecular complexity index is 245. The third-order valence-corrected chi connectivity index (χ3v) is 3.04. The predicted molar refractivity (Wildman–Crippen MR) is 42.7 cm³/mol. The van der Waals surface area contributed by atoms with Crippen LogP contribution in [0.4, 0.5) is 0 Å². The van der Waals surface area contributed by atoms with Crippen molar-refractivity contribution in [2.75, 3.05) is 0 Å². The Hall–Kier alpha value is -0.550. The Morgan fingerprint density at radius 3 is 2.67 bits per heavy atom. The number of ether oxygens (including phenoxy) is 1. The number of hydrogen-bond acceptors (Lipinski definition) is 4. The molecule has 5 heteroatoms. The van der Waals surface area contributed by atoms with Crippen LogP contribution in [0.1, 0.15) is 19.3 Å². The second-order valence-electron chi connectivity index (χ2n) is 3.35. The molecule has 2 saturated heterocycles. The van der Waals surface area contributed by atoms with E-state index in [1.165, 1.54) is 0 Å². The van der Waals surface area contributed by atoms with Crippen molar-refractivity contribution in [2.45, 2.75) is 37.0 Å². The molecule has 2 bridgehead atoms. The number of rotatable bonds is 2. The molecule has 2 rings (SSSR count). The molecule has 1 N–H and O–H groups in total. The lowest BCUT2D eigenvalue weighted by molar-refractivity contribution is -0.145. The Kier molecular flexibility index (Phi) is 1.66. The maximum Gasteiger partial charge on any atom is 0.335 e. The van der Waals surface area contributed by atoms with Gasteiger partial charge in [0, 0.05) is 18.8 Å². The Balaban J connectivity index is 2.31. The topological polar surface area (TPSA) is 58.9 Å². The second-order valence-corrected chi connectivity index (χ2v) is 3.53. The lowest BCUT2D eigenvalue weighted by atomic mass is 9.83. The van der Waals surface area contributed by atoms with Crippen LogP contribution < -0.4 is 0 Å². The summed E-state index contributed by atoms with van der Waals surface area (Å²) < 4.78 is 8.96. The van der Waals surface area contributed by atoms with Gasteiger partial charge < -0.3 is 9.84 Å². The SMILES string of the molecule is O=C(O)C1(N=S)CC2CCC1O2. The molecule has 2 fully saturated rings. The molecule has 2 heterocycles. The molecule has 0 radical (unpaired) electrons. The highest BCUT2D eigenvalue weighted by molar-refractivity contribution is 7.47. The molecule has 0 aromatic heterocycles. The number of hydrogen-bond donors (Lipinski definition) is 1. The molecule has 2 aliphatic rings. The van der Waals surface area contributed by atoms with E-state index >= 15 is 0 Å². The van der Waals surface area contributed by atoms with Gasteiger partial charge in [-0.3, -0.25) is 0 Å². The van der Waals surface area contributed by atoms with Gasteiger partial charge in [0.2, 0.25) is 0 Å². The molecule has 2 aliphatic heterocycles. The first-order valence-corrected chi connectivity index (χ1v) is 4.29. The lowest BCUT2D eigenvalue weighted by Crippen LogP contribution is -2.45. The number of nitrogens with zero attached hydrogens (tertiary/aromatic N) is 1. The minimum atomic E-state index is -1.11. The zero-order valence-corrected chi connectivity index (χ0v) is 7.21. The number of carboxylic acid groups (broad SMARTS) is 1. The van der Waals surface area contributed by atoms with Crippen molar-refractivity contribution in [1.82, 2.24) is 0 Å². The minimum Gasteiger partial charge on any atom is -0.479 e. The molecule has 3 unspecified atom stereocenters. The van der Waals surface area contributed by atoms with Gasteiger partial charge in [0.15, 0.2) is 5.54 Å². The summed E-state index contributed by atoms with van der Waals surface area (Å²) in [5.41, 5.74) is -1.11. The first kappa shape index (κ1) is 8.07. The summed E-state index contributed by atoms with van der Waals surface area (Å²) in [7, 11) is 0. The van der Waals surface area contributed by atoms with Gasteiger partial charge >= 0.3 is 5.97 Å². The van der Waals surface area contributed by atoms with Crippen LogP contribution in [-0.2, 0) is 22.0 Å². The van der Waals surface area contributed by atoms with Gasteiger partial charge in [0.25, 0.3) is 0 Å². The summed E-state index contributed by atoms with van der Waals surface area (Å²) in [6, 6.07) is 0. The molecule has 0 aromatic carbocycles. The van der Waals surface area contributed by atoms with Crippen LogP contribution in [0.5, 0.6) is 0 Å². The van der Waals surface area contributed by atoms with E-state index in [0.717, 1.165) is 12.8 Å². The number of carboxylic acids is 1. The van der Waals surface area contributed by atoms with Crippen molar-refractivity contribution >= 4 is 18.4 Å². The Morgan fingerprint density at radius 1 is 1.67 bits per heavy atom. The largest absolute Gasteiger partial charge is 0.479 e. The van der Waals surface area contributed by atoms with Crippen molar-refractivity contribution < 1.29 is 14.6 Å². The van der Waals surface area contributed by atoms with Crippen LogP contribution in [0.2, 0.25) is 0 Å². The average Bonchev–Trinajstić information content (AvgIpc) is 2.62. The van der Waals surface area contributed by atoms with Gasteiger partial charge in [-0.15, -0.1) is 0 Å². The molecule has 0 spiro atoms. The van der Waals surface area contributed by atoms with Crippen LogP contribution in [0.25, 0.3) is 0 Å². The normalized spacial score (nSPS) is 44.7. The zero-order chi connectivity index (χ0) is 8.77. The van der Waals surface area contributed by atoms with E-state index in [0.29, 0.717) is 6.42 Å². The highest BCUT2D eigenvalue weighted by atomic mass is 32.1. The van der Waals surface area contributed by atoms with Crippen LogP contribution in [-0.4, -0.2) is 28.8 Å². The molecule has 3 atom stereocenters. The quantitative estimate of drug-likeness (QED) is 0.683. The molecule has 4 nitrogen and oxygen atoms in total. The maximum absolute atomic E-state index is 10.9. The smallest absolute Gasteiger partial charge is 0.335 e. The van der Waals surface area contributed by atoms with Gasteiger partial charge in [-0.1, -0.05) is 0 Å². The number of fused-ring (bicyclic) bond motifs is 2. The van der Waals surface area contributed by atoms with Crippen LogP contribution in [0.3, 0.4) is 0 Å². The van der Waals surface area contributed by atoms with Crippen molar-refractivity contribution in [3.8, 4) is 0 Å². The van der Waals surface area contributed by atoms with E-state index < -0.39 is 11.5 Å². The Morgan fingerprint density at radius 2 is 2.42 bits per heavy atom. The highest BCUT2D eigenvalue weighted by Crippen LogP contribution is 2.44. The Labute approximate surface area is 75.1 Å². The van der Waals surface area contributed by atoms with Crippen molar-refractivity contribution in [3.63, 3.8) is 0 Å². The van der Waals surface area contributed by atoms with Gasteiger partial charge in [-0.2, -0.15) is 4.36 Å². The van der Waals surface area contributed by atoms with Gasteiger partial charge in [0.1, 0.15) is 0 Å².